The Balaban J connectivity index is 1.24. The highest BCUT2D eigenvalue weighted by Crippen LogP contribution is 2.32. The van der Waals surface area contributed by atoms with Gasteiger partial charge in [-0.2, -0.15) is 0 Å². The maximum Gasteiger partial charge on any atom is 0.272 e. The molecule has 0 aliphatic carbocycles. The van der Waals surface area contributed by atoms with Gasteiger partial charge in [-0.15, -0.1) is 21.5 Å². The summed E-state index contributed by atoms with van der Waals surface area (Å²) in [7, 11) is 1.70. The van der Waals surface area contributed by atoms with Crippen molar-refractivity contribution in [3.05, 3.63) is 51.4 Å². The van der Waals surface area contributed by atoms with E-state index in [2.05, 4.69) is 15.5 Å². The normalized spacial score (nSPS) is 14.1. The van der Waals surface area contributed by atoms with E-state index in [0.717, 1.165) is 22.7 Å². The van der Waals surface area contributed by atoms with Gasteiger partial charge < -0.3 is 14.8 Å². The van der Waals surface area contributed by atoms with Crippen molar-refractivity contribution in [1.29, 1.82) is 0 Å². The van der Waals surface area contributed by atoms with Crippen molar-refractivity contribution in [1.82, 2.24) is 24.5 Å². The molecule has 1 N–H and O–H groups in total. The molecule has 32 heavy (non-hydrogen) atoms. The summed E-state index contributed by atoms with van der Waals surface area (Å²) in [6.45, 7) is 3.03. The minimum Gasteiger partial charge on any atom is -0.486 e. The lowest BCUT2D eigenvalue weighted by Gasteiger charge is -2.21. The zero-order valence-electron chi connectivity index (χ0n) is 17.8. The number of fused-ring (bicyclic) bond motifs is 4. The monoisotopic (exact) mass is 453 g/mol. The molecule has 0 bridgehead atoms. The topological polar surface area (TPSA) is 99.8 Å². The summed E-state index contributed by atoms with van der Waals surface area (Å²) in [5.74, 6) is 2.66. The molecule has 1 aromatic carbocycles. The number of carbonyl (C=O) groups is 1. The first kappa shape index (κ1) is 20.5. The average molecular weight is 454 g/mol. The number of nitrogens with one attached hydrogen (secondary N) is 1. The van der Waals surface area contributed by atoms with Crippen LogP contribution >= 0.6 is 11.3 Å². The van der Waals surface area contributed by atoms with Gasteiger partial charge in [0.25, 0.3) is 5.56 Å². The second-order valence-electron chi connectivity index (χ2n) is 7.80. The van der Waals surface area contributed by atoms with Crippen LogP contribution in [0, 0.1) is 0 Å². The maximum atomic E-state index is 12.5. The van der Waals surface area contributed by atoms with E-state index in [-0.39, 0.29) is 17.5 Å². The van der Waals surface area contributed by atoms with E-state index in [1.807, 2.05) is 41.0 Å². The van der Waals surface area contributed by atoms with Gasteiger partial charge in [-0.25, -0.2) is 0 Å². The number of nitrogens with zero attached hydrogens (tertiary/aromatic N) is 4. The van der Waals surface area contributed by atoms with Crippen molar-refractivity contribution >= 4 is 33.2 Å². The van der Waals surface area contributed by atoms with Gasteiger partial charge in [0.2, 0.25) is 11.7 Å². The van der Waals surface area contributed by atoms with Gasteiger partial charge in [0.05, 0.1) is 11.6 Å². The lowest BCUT2D eigenvalue weighted by molar-refractivity contribution is -0.121. The van der Waals surface area contributed by atoms with E-state index < -0.39 is 0 Å². The Bertz CT molecular complexity index is 1370. The first-order valence-electron chi connectivity index (χ1n) is 10.5. The Hall–Kier alpha value is -3.40. The molecular weight excluding hydrogens is 430 g/mol. The van der Waals surface area contributed by atoms with Crippen LogP contribution in [0.5, 0.6) is 11.5 Å². The fourth-order valence-electron chi connectivity index (χ4n) is 3.95. The summed E-state index contributed by atoms with van der Waals surface area (Å²) in [4.78, 5) is 25.0. The second-order valence-corrected chi connectivity index (χ2v) is 8.71. The molecule has 166 valence electrons. The van der Waals surface area contributed by atoms with Crippen molar-refractivity contribution in [2.45, 2.75) is 32.2 Å². The molecule has 4 aromatic rings. The zero-order chi connectivity index (χ0) is 22.2. The molecule has 1 amide bonds. The molecule has 0 saturated heterocycles. The third kappa shape index (κ3) is 3.60. The molecule has 3 aromatic heterocycles. The zero-order valence-corrected chi connectivity index (χ0v) is 18.6. The van der Waals surface area contributed by atoms with Crippen LogP contribution in [0.15, 0.2) is 34.4 Å². The van der Waals surface area contributed by atoms with Crippen LogP contribution in [0.25, 0.3) is 16.0 Å². The van der Waals surface area contributed by atoms with Gasteiger partial charge in [-0.1, -0.05) is 6.07 Å². The predicted molar refractivity (Wildman–Crippen MR) is 121 cm³/mol. The number of ether oxygens (including phenoxy) is 2. The molecule has 1 aliphatic rings. The van der Waals surface area contributed by atoms with Crippen molar-refractivity contribution in [2.75, 3.05) is 13.2 Å². The summed E-state index contributed by atoms with van der Waals surface area (Å²) < 4.78 is 15.3. The number of hydrogen-bond donors (Lipinski definition) is 1. The van der Waals surface area contributed by atoms with Crippen LogP contribution < -0.4 is 20.3 Å². The molecule has 0 radical (unpaired) electrons. The molecule has 4 heterocycles. The Morgan fingerprint density at radius 2 is 2.03 bits per heavy atom. The van der Waals surface area contributed by atoms with Crippen LogP contribution in [0.4, 0.5) is 0 Å². The van der Waals surface area contributed by atoms with E-state index in [1.165, 1.54) is 15.9 Å². The minimum atomic E-state index is -0.146. The van der Waals surface area contributed by atoms with Gasteiger partial charge >= 0.3 is 0 Å². The summed E-state index contributed by atoms with van der Waals surface area (Å²) in [5.41, 5.74) is 1.70. The molecule has 0 fully saturated rings. The highest BCUT2D eigenvalue weighted by atomic mass is 32.1. The SMILES string of the molecule is C[C@@H](NC(=O)CCCc1nnc2n(C)c(=O)c3sccc3n12)c1ccc2c(c1)OCCO2. The highest BCUT2D eigenvalue weighted by Gasteiger charge is 2.18. The van der Waals surface area contributed by atoms with Crippen molar-refractivity contribution < 1.29 is 14.3 Å². The van der Waals surface area contributed by atoms with Crippen molar-refractivity contribution in [3.63, 3.8) is 0 Å². The van der Waals surface area contributed by atoms with Crippen LogP contribution in [0.1, 0.15) is 37.2 Å². The van der Waals surface area contributed by atoms with Crippen molar-refractivity contribution in [2.24, 2.45) is 7.05 Å². The Morgan fingerprint density at radius 3 is 2.88 bits per heavy atom. The fraction of sp³-hybridized carbons (Fsp3) is 0.364. The number of benzene rings is 1. The molecule has 1 aliphatic heterocycles. The lowest BCUT2D eigenvalue weighted by Crippen LogP contribution is -2.26. The summed E-state index contributed by atoms with van der Waals surface area (Å²) in [5, 5.41) is 13.4. The third-order valence-electron chi connectivity index (χ3n) is 5.65. The average Bonchev–Trinajstić information content (AvgIpc) is 3.44. The number of hydrogen-bond acceptors (Lipinski definition) is 7. The second kappa shape index (κ2) is 8.27. The lowest BCUT2D eigenvalue weighted by atomic mass is 10.1. The Labute approximate surface area is 187 Å². The molecule has 0 unspecified atom stereocenters. The molecular formula is C22H23N5O4S. The van der Waals surface area contributed by atoms with Crippen molar-refractivity contribution in [3.8, 4) is 11.5 Å². The van der Waals surface area contributed by atoms with Gasteiger partial charge in [0.1, 0.15) is 23.7 Å². The summed E-state index contributed by atoms with van der Waals surface area (Å²) in [6.07, 6.45) is 1.56. The molecule has 10 heteroatoms. The molecule has 5 rings (SSSR count). The third-order valence-corrected chi connectivity index (χ3v) is 6.54. The molecule has 0 saturated carbocycles. The van der Waals surface area contributed by atoms with Gasteiger partial charge in [0.15, 0.2) is 11.5 Å². The number of aryl methyl sites for hydroxylation is 2. The summed E-state index contributed by atoms with van der Waals surface area (Å²) >= 11 is 1.41. The molecule has 0 spiro atoms. The first-order valence-corrected chi connectivity index (χ1v) is 11.4. The van der Waals surface area contributed by atoms with E-state index in [0.29, 0.717) is 48.7 Å². The number of aromatic nitrogens is 4. The number of carbonyl (C=O) groups excluding carboxylic acids is 1. The highest BCUT2D eigenvalue weighted by molar-refractivity contribution is 7.17. The number of rotatable bonds is 6. The van der Waals surface area contributed by atoms with E-state index >= 15 is 0 Å². The summed E-state index contributed by atoms with van der Waals surface area (Å²) in [6, 6.07) is 7.49. The van der Waals surface area contributed by atoms with Crippen LogP contribution in [0.2, 0.25) is 0 Å². The number of amides is 1. The fourth-order valence-corrected chi connectivity index (χ4v) is 4.80. The Morgan fingerprint density at radius 1 is 1.22 bits per heavy atom. The van der Waals surface area contributed by atoms with E-state index in [4.69, 9.17) is 9.47 Å². The van der Waals surface area contributed by atoms with Crippen LogP contribution in [0.3, 0.4) is 0 Å². The van der Waals surface area contributed by atoms with E-state index in [9.17, 15) is 9.59 Å². The molecule has 9 nitrogen and oxygen atoms in total. The quantitative estimate of drug-likeness (QED) is 0.482. The maximum absolute atomic E-state index is 12.5. The first-order chi connectivity index (χ1) is 15.5. The van der Waals surface area contributed by atoms with Gasteiger partial charge in [-0.05, 0) is 42.5 Å². The van der Waals surface area contributed by atoms with Gasteiger partial charge in [-0.3, -0.25) is 18.6 Å². The van der Waals surface area contributed by atoms with Crippen LogP contribution in [-0.4, -0.2) is 38.3 Å². The molecule has 1 atom stereocenters. The van der Waals surface area contributed by atoms with Crippen LogP contribution in [-0.2, 0) is 18.3 Å². The van der Waals surface area contributed by atoms with E-state index in [1.54, 1.807) is 7.05 Å². The largest absolute Gasteiger partial charge is 0.486 e. The number of thiophene rings is 1. The smallest absolute Gasteiger partial charge is 0.272 e. The predicted octanol–water partition coefficient (Wildman–Crippen LogP) is 2.61. The standard InChI is InChI=1S/C22H23N5O4S/c1-13(14-6-7-16-17(12-14)31-10-9-30-16)23-19(28)5-3-4-18-24-25-22-26(2)21(29)20-15(27(18)22)8-11-32-20/h6-8,11-13H,3-5,9-10H2,1-2H3,(H,23,28)/t13-/m1/s1. The Kier molecular flexibility index (Phi) is 5.30. The van der Waals surface area contributed by atoms with Gasteiger partial charge in [0, 0.05) is 19.9 Å². The minimum absolute atomic E-state index is 0.0331.